The van der Waals surface area contributed by atoms with Crippen LogP contribution in [-0.4, -0.2) is 21.6 Å². The fraction of sp³-hybridized carbons (Fsp3) is 0.250. The van der Waals surface area contributed by atoms with E-state index in [0.29, 0.717) is 0 Å². The Labute approximate surface area is 112 Å². The van der Waals surface area contributed by atoms with Crippen LogP contribution in [0.2, 0.25) is 0 Å². The number of ether oxygens (including phenoxy) is 1. The maximum absolute atomic E-state index is 12.9. The molecule has 0 saturated carbocycles. The Bertz CT molecular complexity index is 616. The summed E-state index contributed by atoms with van der Waals surface area (Å²) in [6.07, 6.45) is -4.51. The van der Waals surface area contributed by atoms with E-state index in [2.05, 4.69) is 15.0 Å². The highest BCUT2D eigenvalue weighted by molar-refractivity contribution is 5.62. The molecule has 20 heavy (non-hydrogen) atoms. The molecule has 0 fully saturated rings. The zero-order valence-corrected chi connectivity index (χ0v) is 10.5. The van der Waals surface area contributed by atoms with E-state index >= 15 is 0 Å². The highest BCUT2D eigenvalue weighted by atomic mass is 19.4. The van der Waals surface area contributed by atoms with Crippen LogP contribution in [0.15, 0.2) is 24.3 Å². The highest BCUT2D eigenvalue weighted by Crippen LogP contribution is 2.36. The molecule has 0 bridgehead atoms. The summed E-state index contributed by atoms with van der Waals surface area (Å²) in [5.74, 6) is -0.371. The van der Waals surface area contributed by atoms with Gasteiger partial charge in [-0.05, 0) is 13.0 Å². The molecule has 5 nitrogen and oxygen atoms in total. The lowest BCUT2D eigenvalue weighted by Gasteiger charge is -2.12. The summed E-state index contributed by atoms with van der Waals surface area (Å²) in [4.78, 5) is 11.3. The fourth-order valence-corrected chi connectivity index (χ4v) is 1.61. The first-order valence-corrected chi connectivity index (χ1v) is 5.72. The summed E-state index contributed by atoms with van der Waals surface area (Å²) < 4.78 is 43.9. The second-order valence-corrected chi connectivity index (χ2v) is 3.78. The van der Waals surface area contributed by atoms with Crippen LogP contribution in [0.25, 0.3) is 11.4 Å². The summed E-state index contributed by atoms with van der Waals surface area (Å²) >= 11 is 0. The average molecular weight is 284 g/mol. The lowest BCUT2D eigenvalue weighted by molar-refractivity contribution is -0.137. The number of nitrogen functional groups attached to an aromatic ring is 1. The van der Waals surface area contributed by atoms with Gasteiger partial charge < -0.3 is 10.5 Å². The minimum atomic E-state index is -4.51. The number of nitrogens with zero attached hydrogens (tertiary/aromatic N) is 3. The summed E-state index contributed by atoms with van der Waals surface area (Å²) in [5, 5.41) is 0. The molecule has 2 rings (SSSR count). The van der Waals surface area contributed by atoms with Crippen molar-refractivity contribution in [1.82, 2.24) is 15.0 Å². The fourth-order valence-electron chi connectivity index (χ4n) is 1.61. The Balaban J connectivity index is 2.57. The van der Waals surface area contributed by atoms with Crippen LogP contribution in [0.3, 0.4) is 0 Å². The second-order valence-electron chi connectivity index (χ2n) is 3.78. The van der Waals surface area contributed by atoms with Gasteiger partial charge in [0.1, 0.15) is 0 Å². The van der Waals surface area contributed by atoms with E-state index in [-0.39, 0.29) is 30.0 Å². The van der Waals surface area contributed by atoms with E-state index in [0.717, 1.165) is 6.07 Å². The van der Waals surface area contributed by atoms with Crippen LogP contribution in [-0.2, 0) is 6.18 Å². The smallest absolute Gasteiger partial charge is 0.417 e. The molecule has 0 atom stereocenters. The van der Waals surface area contributed by atoms with Gasteiger partial charge in [-0.2, -0.15) is 28.1 Å². The van der Waals surface area contributed by atoms with Gasteiger partial charge in [0, 0.05) is 5.56 Å². The first kappa shape index (κ1) is 14.0. The molecule has 0 radical (unpaired) electrons. The van der Waals surface area contributed by atoms with Gasteiger partial charge in [0.25, 0.3) is 0 Å². The number of hydrogen-bond donors (Lipinski definition) is 1. The Morgan fingerprint density at radius 2 is 1.85 bits per heavy atom. The van der Waals surface area contributed by atoms with Gasteiger partial charge in [-0.25, -0.2) is 0 Å². The number of halogens is 3. The van der Waals surface area contributed by atoms with E-state index in [1.807, 2.05) is 0 Å². The van der Waals surface area contributed by atoms with E-state index in [4.69, 9.17) is 10.5 Å². The van der Waals surface area contributed by atoms with Crippen molar-refractivity contribution in [2.45, 2.75) is 13.1 Å². The van der Waals surface area contributed by atoms with E-state index in [9.17, 15) is 13.2 Å². The molecule has 0 aliphatic rings. The summed E-state index contributed by atoms with van der Waals surface area (Å²) in [6, 6.07) is 4.88. The molecule has 8 heteroatoms. The normalized spacial score (nSPS) is 11.4. The van der Waals surface area contributed by atoms with Crippen LogP contribution >= 0.6 is 0 Å². The lowest BCUT2D eigenvalue weighted by atomic mass is 10.1. The zero-order chi connectivity index (χ0) is 14.8. The van der Waals surface area contributed by atoms with Crippen molar-refractivity contribution in [1.29, 1.82) is 0 Å². The van der Waals surface area contributed by atoms with Gasteiger partial charge >= 0.3 is 12.2 Å². The summed E-state index contributed by atoms with van der Waals surface area (Å²) in [5.41, 5.74) is 4.45. The largest absolute Gasteiger partial charge is 0.464 e. The van der Waals surface area contributed by atoms with Crippen molar-refractivity contribution in [3.63, 3.8) is 0 Å². The molecule has 2 aromatic rings. The third kappa shape index (κ3) is 2.95. The minimum Gasteiger partial charge on any atom is -0.464 e. The van der Waals surface area contributed by atoms with E-state index in [1.54, 1.807) is 6.92 Å². The first-order chi connectivity index (χ1) is 9.41. The molecule has 2 N–H and O–H groups in total. The molecule has 1 aromatic heterocycles. The van der Waals surface area contributed by atoms with Crippen molar-refractivity contribution < 1.29 is 17.9 Å². The molecular formula is C12H11F3N4O. The monoisotopic (exact) mass is 284 g/mol. The number of rotatable bonds is 3. The lowest BCUT2D eigenvalue weighted by Crippen LogP contribution is -2.10. The van der Waals surface area contributed by atoms with Gasteiger partial charge in [0.15, 0.2) is 5.82 Å². The molecule has 0 aliphatic heterocycles. The van der Waals surface area contributed by atoms with Gasteiger partial charge in [-0.1, -0.05) is 18.2 Å². The van der Waals surface area contributed by atoms with Crippen LogP contribution in [0.4, 0.5) is 19.1 Å². The van der Waals surface area contributed by atoms with Crippen molar-refractivity contribution >= 4 is 5.95 Å². The number of benzene rings is 1. The van der Waals surface area contributed by atoms with Crippen molar-refractivity contribution in [2.24, 2.45) is 0 Å². The van der Waals surface area contributed by atoms with E-state index in [1.165, 1.54) is 18.2 Å². The number of aromatic nitrogens is 3. The molecule has 1 aromatic carbocycles. The summed E-state index contributed by atoms with van der Waals surface area (Å²) in [6.45, 7) is 1.97. The van der Waals surface area contributed by atoms with E-state index < -0.39 is 11.7 Å². The number of nitrogens with two attached hydrogens (primary N) is 1. The Kier molecular flexibility index (Phi) is 3.73. The third-order valence-corrected chi connectivity index (χ3v) is 2.38. The minimum absolute atomic E-state index is 0.105. The van der Waals surface area contributed by atoms with Crippen LogP contribution < -0.4 is 10.5 Å². The van der Waals surface area contributed by atoms with Crippen molar-refractivity contribution in [3.05, 3.63) is 29.8 Å². The molecule has 0 aliphatic carbocycles. The number of alkyl halides is 3. The zero-order valence-electron chi connectivity index (χ0n) is 10.5. The maximum atomic E-state index is 12.9. The van der Waals surface area contributed by atoms with Gasteiger partial charge in [0.2, 0.25) is 5.95 Å². The van der Waals surface area contributed by atoms with Gasteiger partial charge in [0.05, 0.1) is 12.2 Å². The molecule has 106 valence electrons. The second kappa shape index (κ2) is 5.32. The first-order valence-electron chi connectivity index (χ1n) is 5.72. The van der Waals surface area contributed by atoms with Crippen LogP contribution in [0, 0.1) is 0 Å². The Morgan fingerprint density at radius 3 is 2.50 bits per heavy atom. The molecule has 0 amide bonds. The third-order valence-electron chi connectivity index (χ3n) is 2.38. The van der Waals surface area contributed by atoms with Gasteiger partial charge in [-0.15, -0.1) is 0 Å². The topological polar surface area (TPSA) is 73.9 Å². The molecule has 0 spiro atoms. The number of hydrogen-bond acceptors (Lipinski definition) is 5. The highest BCUT2D eigenvalue weighted by Gasteiger charge is 2.34. The summed E-state index contributed by atoms with van der Waals surface area (Å²) in [7, 11) is 0. The maximum Gasteiger partial charge on any atom is 0.417 e. The average Bonchev–Trinajstić information content (AvgIpc) is 2.37. The molecule has 1 heterocycles. The Morgan fingerprint density at radius 1 is 1.15 bits per heavy atom. The van der Waals surface area contributed by atoms with Crippen LogP contribution in [0.1, 0.15) is 12.5 Å². The predicted molar refractivity (Wildman–Crippen MR) is 65.8 cm³/mol. The molecule has 0 unspecified atom stereocenters. The molecule has 0 saturated heterocycles. The quantitative estimate of drug-likeness (QED) is 0.937. The SMILES string of the molecule is CCOc1nc(N)nc(-c2ccccc2C(F)(F)F)n1. The number of anilines is 1. The molecular weight excluding hydrogens is 273 g/mol. The van der Waals surface area contributed by atoms with Crippen molar-refractivity contribution in [3.8, 4) is 17.4 Å². The predicted octanol–water partition coefficient (Wildman–Crippen LogP) is 2.54. The standard InChI is InChI=1S/C12H11F3N4O/c1-2-20-11-18-9(17-10(16)19-11)7-5-3-4-6-8(7)12(13,14)15/h3-6H,2H2,1H3,(H2,16,17,18,19). The van der Waals surface area contributed by atoms with Crippen LogP contribution in [0.5, 0.6) is 6.01 Å². The Hall–Kier alpha value is -2.38. The van der Waals surface area contributed by atoms with Gasteiger partial charge in [-0.3, -0.25) is 0 Å². The van der Waals surface area contributed by atoms with Crippen molar-refractivity contribution in [2.75, 3.05) is 12.3 Å².